The van der Waals surface area contributed by atoms with Crippen molar-refractivity contribution in [3.05, 3.63) is 64.7 Å². The van der Waals surface area contributed by atoms with Gasteiger partial charge >= 0.3 is 0 Å². The summed E-state index contributed by atoms with van der Waals surface area (Å²) in [6.07, 6.45) is 2.54. The molecule has 0 fully saturated rings. The van der Waals surface area contributed by atoms with Gasteiger partial charge in [-0.25, -0.2) is 4.98 Å². The Morgan fingerprint density at radius 3 is 2.81 bits per heavy atom. The molecule has 1 unspecified atom stereocenters. The van der Waals surface area contributed by atoms with Gasteiger partial charge in [0.05, 0.1) is 23.7 Å². The van der Waals surface area contributed by atoms with Gasteiger partial charge in [-0.1, -0.05) is 19.1 Å². The number of rotatable bonds is 7. The number of aromatic amines is 1. The van der Waals surface area contributed by atoms with Crippen molar-refractivity contribution < 1.29 is 13.7 Å². The van der Waals surface area contributed by atoms with Crippen molar-refractivity contribution in [3.8, 4) is 11.7 Å². The summed E-state index contributed by atoms with van der Waals surface area (Å²) in [7, 11) is 0. The molecule has 3 heterocycles. The third-order valence-electron chi connectivity index (χ3n) is 4.28. The van der Waals surface area contributed by atoms with E-state index in [2.05, 4.69) is 27.1 Å². The highest BCUT2D eigenvalue weighted by Crippen LogP contribution is 2.17. The van der Waals surface area contributed by atoms with Crippen LogP contribution in [0.25, 0.3) is 22.6 Å². The average molecular weight is 366 g/mol. The van der Waals surface area contributed by atoms with Gasteiger partial charge < -0.3 is 18.7 Å². The number of benzene rings is 1. The number of nitrogens with one attached hydrogen (secondary N) is 2. The number of aromatic nitrogens is 4. The fraction of sp³-hybridized carbons (Fsp3) is 0.263. The standard InChI is InChI=1S/C19H19N5O3/c1-2-9-24(12-17-22-23-19(27-17)15-8-5-10-26-15)11-16-20-14-7-4-3-6-13(14)18(25)21-16/h3-8,10H,2,9,11-12H2,1H3,(H,20,21,25)/p+1. The number of para-hydroxylation sites is 1. The summed E-state index contributed by atoms with van der Waals surface area (Å²) in [5.41, 5.74) is 0.578. The lowest BCUT2D eigenvalue weighted by Crippen LogP contribution is -3.09. The lowest BCUT2D eigenvalue weighted by atomic mass is 10.2. The van der Waals surface area contributed by atoms with E-state index < -0.39 is 0 Å². The fourth-order valence-corrected chi connectivity index (χ4v) is 3.09. The van der Waals surface area contributed by atoms with Crippen LogP contribution >= 0.6 is 0 Å². The minimum absolute atomic E-state index is 0.121. The Morgan fingerprint density at radius 2 is 2.00 bits per heavy atom. The van der Waals surface area contributed by atoms with Crippen LogP contribution in [0, 0.1) is 0 Å². The van der Waals surface area contributed by atoms with Gasteiger partial charge in [-0.15, -0.1) is 10.2 Å². The molecule has 0 bridgehead atoms. The van der Waals surface area contributed by atoms with Gasteiger partial charge in [-0.3, -0.25) is 4.79 Å². The largest absolute Gasteiger partial charge is 0.459 e. The molecule has 0 amide bonds. The zero-order valence-corrected chi connectivity index (χ0v) is 14.9. The molecule has 8 nitrogen and oxygen atoms in total. The first-order valence-corrected chi connectivity index (χ1v) is 8.90. The third kappa shape index (κ3) is 3.80. The van der Waals surface area contributed by atoms with Gasteiger partial charge in [0.1, 0.15) is 6.54 Å². The van der Waals surface area contributed by atoms with E-state index in [0.29, 0.717) is 47.4 Å². The maximum absolute atomic E-state index is 12.3. The Morgan fingerprint density at radius 1 is 1.11 bits per heavy atom. The second-order valence-electron chi connectivity index (χ2n) is 6.36. The molecule has 0 saturated heterocycles. The number of fused-ring (bicyclic) bond motifs is 1. The van der Waals surface area contributed by atoms with Crippen molar-refractivity contribution in [1.82, 2.24) is 20.2 Å². The molecule has 0 spiro atoms. The molecular formula is C19H20N5O3+. The van der Waals surface area contributed by atoms with Crippen molar-refractivity contribution in [3.63, 3.8) is 0 Å². The van der Waals surface area contributed by atoms with Gasteiger partial charge in [0.25, 0.3) is 17.3 Å². The molecule has 0 radical (unpaired) electrons. The second-order valence-corrected chi connectivity index (χ2v) is 6.36. The highest BCUT2D eigenvalue weighted by Gasteiger charge is 2.18. The normalized spacial score (nSPS) is 12.5. The first kappa shape index (κ1) is 17.2. The van der Waals surface area contributed by atoms with Gasteiger partial charge in [-0.05, 0) is 30.7 Å². The van der Waals surface area contributed by atoms with E-state index in [0.717, 1.165) is 13.0 Å². The molecule has 4 aromatic rings. The van der Waals surface area contributed by atoms with E-state index in [1.807, 2.05) is 18.2 Å². The molecule has 8 heteroatoms. The van der Waals surface area contributed by atoms with Crippen molar-refractivity contribution in [1.29, 1.82) is 0 Å². The second kappa shape index (κ2) is 7.55. The van der Waals surface area contributed by atoms with Gasteiger partial charge in [0.15, 0.2) is 18.1 Å². The molecule has 1 aromatic carbocycles. The molecular weight excluding hydrogens is 346 g/mol. The smallest absolute Gasteiger partial charge is 0.283 e. The van der Waals surface area contributed by atoms with Gasteiger partial charge in [0, 0.05) is 0 Å². The SMILES string of the molecule is CCC[NH+](Cc1nc2ccccc2c(=O)[nH]1)Cc1nnc(-c2ccco2)o1. The average Bonchev–Trinajstić information content (AvgIpc) is 3.33. The Balaban J connectivity index is 1.54. The molecule has 0 saturated carbocycles. The van der Waals surface area contributed by atoms with Crippen molar-refractivity contribution in [2.24, 2.45) is 0 Å². The highest BCUT2D eigenvalue weighted by molar-refractivity contribution is 5.77. The van der Waals surface area contributed by atoms with E-state index in [1.54, 1.807) is 24.5 Å². The predicted molar refractivity (Wildman–Crippen MR) is 97.9 cm³/mol. The van der Waals surface area contributed by atoms with Gasteiger partial charge in [-0.2, -0.15) is 0 Å². The molecule has 0 aliphatic rings. The van der Waals surface area contributed by atoms with Crippen molar-refractivity contribution >= 4 is 10.9 Å². The van der Waals surface area contributed by atoms with E-state index in [9.17, 15) is 4.79 Å². The highest BCUT2D eigenvalue weighted by atomic mass is 16.4. The molecule has 138 valence electrons. The van der Waals surface area contributed by atoms with Crippen LogP contribution in [0.3, 0.4) is 0 Å². The van der Waals surface area contributed by atoms with Crippen LogP contribution < -0.4 is 10.5 Å². The zero-order valence-electron chi connectivity index (χ0n) is 14.9. The molecule has 1 atom stereocenters. The summed E-state index contributed by atoms with van der Waals surface area (Å²) in [4.78, 5) is 20.9. The minimum atomic E-state index is -0.121. The first-order valence-electron chi connectivity index (χ1n) is 8.90. The number of H-pyrrole nitrogens is 1. The maximum atomic E-state index is 12.3. The maximum Gasteiger partial charge on any atom is 0.283 e. The Labute approximate surface area is 154 Å². The lowest BCUT2D eigenvalue weighted by Gasteiger charge is -2.16. The van der Waals surface area contributed by atoms with Crippen LogP contribution in [-0.4, -0.2) is 26.7 Å². The first-order chi connectivity index (χ1) is 13.2. The van der Waals surface area contributed by atoms with Crippen LogP contribution in [0.4, 0.5) is 0 Å². The van der Waals surface area contributed by atoms with Crippen LogP contribution in [0.15, 0.2) is 56.3 Å². The fourth-order valence-electron chi connectivity index (χ4n) is 3.09. The number of hydrogen-bond donors (Lipinski definition) is 2. The number of nitrogens with zero attached hydrogens (tertiary/aromatic N) is 3. The molecule has 0 aliphatic carbocycles. The predicted octanol–water partition coefficient (Wildman–Crippen LogP) is 1.56. The quantitative estimate of drug-likeness (QED) is 0.515. The Kier molecular flexibility index (Phi) is 4.80. The summed E-state index contributed by atoms with van der Waals surface area (Å²) in [5, 5.41) is 8.75. The number of quaternary nitrogens is 1. The topological polar surface area (TPSA) is 102 Å². The number of hydrogen-bond acceptors (Lipinski definition) is 6. The third-order valence-corrected chi connectivity index (χ3v) is 4.28. The monoisotopic (exact) mass is 366 g/mol. The van der Waals surface area contributed by atoms with E-state index >= 15 is 0 Å². The van der Waals surface area contributed by atoms with E-state index in [1.165, 1.54) is 4.90 Å². The summed E-state index contributed by atoms with van der Waals surface area (Å²) in [6.45, 7) is 4.10. The lowest BCUT2D eigenvalue weighted by molar-refractivity contribution is -0.929. The van der Waals surface area contributed by atoms with Crippen molar-refractivity contribution in [2.75, 3.05) is 6.54 Å². The van der Waals surface area contributed by atoms with Crippen LogP contribution in [-0.2, 0) is 13.1 Å². The summed E-state index contributed by atoms with van der Waals surface area (Å²) in [5.74, 6) is 2.08. The van der Waals surface area contributed by atoms with E-state index in [-0.39, 0.29) is 5.56 Å². The van der Waals surface area contributed by atoms with Gasteiger partial charge in [0.2, 0.25) is 0 Å². The Bertz CT molecular complexity index is 1080. The molecule has 2 N–H and O–H groups in total. The molecule has 3 aromatic heterocycles. The molecule has 4 rings (SSSR count). The van der Waals surface area contributed by atoms with Crippen molar-refractivity contribution in [2.45, 2.75) is 26.4 Å². The zero-order chi connectivity index (χ0) is 18.6. The number of furan rings is 1. The summed E-state index contributed by atoms with van der Waals surface area (Å²) in [6, 6.07) is 10.9. The Hall–Kier alpha value is -3.26. The van der Waals surface area contributed by atoms with Crippen LogP contribution in [0.2, 0.25) is 0 Å². The van der Waals surface area contributed by atoms with Crippen LogP contribution in [0.5, 0.6) is 0 Å². The molecule has 0 aliphatic heterocycles. The summed E-state index contributed by atoms with van der Waals surface area (Å²) < 4.78 is 11.0. The van der Waals surface area contributed by atoms with E-state index in [4.69, 9.17) is 8.83 Å². The van der Waals surface area contributed by atoms with Crippen LogP contribution in [0.1, 0.15) is 25.1 Å². The summed E-state index contributed by atoms with van der Waals surface area (Å²) >= 11 is 0. The molecule has 27 heavy (non-hydrogen) atoms. The minimum Gasteiger partial charge on any atom is -0.459 e.